The molecule has 0 aliphatic heterocycles. The van der Waals surface area contributed by atoms with Crippen LogP contribution in [0.4, 0.5) is 0 Å². The second kappa shape index (κ2) is 21.7. The fourth-order valence-corrected chi connectivity index (χ4v) is 2.14. The van der Waals surface area contributed by atoms with Gasteiger partial charge in [0.25, 0.3) is 0 Å². The minimum absolute atomic E-state index is 0.0106. The highest BCUT2D eigenvalue weighted by atomic mass is 16.6. The van der Waals surface area contributed by atoms with Gasteiger partial charge in [0.15, 0.2) is 0 Å². The van der Waals surface area contributed by atoms with Crippen molar-refractivity contribution < 1.29 is 38.4 Å². The minimum atomic E-state index is -0.774. The summed E-state index contributed by atoms with van der Waals surface area (Å²) in [6, 6.07) is 0. The van der Waals surface area contributed by atoms with E-state index in [-0.39, 0.29) is 18.7 Å². The summed E-state index contributed by atoms with van der Waals surface area (Å²) in [5, 5.41) is 11.3. The molecule has 0 saturated carbocycles. The number of rotatable bonds is 22. The van der Waals surface area contributed by atoms with Crippen molar-refractivity contribution in [2.75, 3.05) is 59.4 Å². The van der Waals surface area contributed by atoms with Crippen LogP contribution in [0.5, 0.6) is 0 Å². The van der Waals surface area contributed by atoms with Gasteiger partial charge in [0.1, 0.15) is 0 Å². The Kier molecular flexibility index (Phi) is 20.5. The van der Waals surface area contributed by atoms with Crippen molar-refractivity contribution in [3.8, 4) is 0 Å². The molecule has 163 valence electrons. The number of hydrogen-bond donors (Lipinski definition) is 2. The van der Waals surface area contributed by atoms with Gasteiger partial charge in [0.05, 0.1) is 52.9 Å². The zero-order chi connectivity index (χ0) is 20.7. The van der Waals surface area contributed by atoms with E-state index in [1.165, 1.54) is 0 Å². The summed E-state index contributed by atoms with van der Waals surface area (Å²) in [5.41, 5.74) is 0. The highest BCUT2D eigenvalue weighted by Gasteiger charge is 2.01. The molecular weight excluding hydrogens is 370 g/mol. The van der Waals surface area contributed by atoms with E-state index >= 15 is 0 Å². The van der Waals surface area contributed by atoms with E-state index in [9.17, 15) is 14.4 Å². The summed E-state index contributed by atoms with van der Waals surface area (Å²) < 4.78 is 21.1. The topological polar surface area (TPSA) is 120 Å². The molecule has 0 saturated heterocycles. The van der Waals surface area contributed by atoms with Crippen molar-refractivity contribution in [3.63, 3.8) is 0 Å². The molecule has 9 heteroatoms. The maximum Gasteiger partial charge on any atom is 0.303 e. The Morgan fingerprint density at radius 1 is 0.714 bits per heavy atom. The van der Waals surface area contributed by atoms with E-state index in [0.29, 0.717) is 72.2 Å². The van der Waals surface area contributed by atoms with Crippen molar-refractivity contribution in [3.05, 3.63) is 0 Å². The highest BCUT2D eigenvalue weighted by Crippen LogP contribution is 2.05. The third kappa shape index (κ3) is 22.5. The molecule has 0 spiro atoms. The Hall–Kier alpha value is -1.55. The molecule has 1 radical (unpaired) electrons. The molecule has 0 aromatic rings. The molecule has 0 aromatic carbocycles. The Balaban J connectivity index is 3.15. The number of nitrogens with one attached hydrogen (secondary N) is 1. The van der Waals surface area contributed by atoms with Gasteiger partial charge in [0.2, 0.25) is 12.2 Å². The third-order valence-corrected chi connectivity index (χ3v) is 3.58. The number of aliphatic carboxylic acids is 1. The minimum Gasteiger partial charge on any atom is -0.481 e. The van der Waals surface area contributed by atoms with Crippen LogP contribution in [0.2, 0.25) is 0 Å². The molecule has 9 nitrogen and oxygen atoms in total. The summed E-state index contributed by atoms with van der Waals surface area (Å²) in [4.78, 5) is 31.9. The van der Waals surface area contributed by atoms with Crippen molar-refractivity contribution in [2.24, 2.45) is 0 Å². The molecule has 0 aliphatic rings. The number of carbonyl (C=O) groups is 2. The van der Waals surface area contributed by atoms with Gasteiger partial charge in [-0.1, -0.05) is 12.8 Å². The second-order valence-corrected chi connectivity index (χ2v) is 6.00. The second-order valence-electron chi connectivity index (χ2n) is 6.00. The smallest absolute Gasteiger partial charge is 0.303 e. The monoisotopic (exact) mass is 404 g/mol. The third-order valence-electron chi connectivity index (χ3n) is 3.58. The lowest BCUT2D eigenvalue weighted by molar-refractivity contribution is -0.137. The molecule has 0 rings (SSSR count). The first-order chi connectivity index (χ1) is 13.7. The van der Waals surface area contributed by atoms with Crippen LogP contribution in [0.25, 0.3) is 0 Å². The van der Waals surface area contributed by atoms with Crippen LogP contribution in [0, 0.1) is 0 Å². The first-order valence-electron chi connectivity index (χ1n) is 9.81. The van der Waals surface area contributed by atoms with Crippen molar-refractivity contribution in [1.82, 2.24) is 5.32 Å². The van der Waals surface area contributed by atoms with Gasteiger partial charge < -0.3 is 29.4 Å². The number of carbonyl (C=O) groups excluding carboxylic acids is 2. The Labute approximate surface area is 167 Å². The SMILES string of the molecule is O=[C]CCOCCOCCOCCOCCNC(=O)CCCCCCC(=O)O. The van der Waals surface area contributed by atoms with Crippen LogP contribution in [0.1, 0.15) is 44.9 Å². The lowest BCUT2D eigenvalue weighted by atomic mass is 10.1. The van der Waals surface area contributed by atoms with Crippen molar-refractivity contribution >= 4 is 18.2 Å². The van der Waals surface area contributed by atoms with E-state index in [2.05, 4.69) is 5.32 Å². The molecule has 0 unspecified atom stereocenters. The van der Waals surface area contributed by atoms with Crippen LogP contribution in [-0.4, -0.2) is 82.7 Å². The van der Waals surface area contributed by atoms with Crippen LogP contribution >= 0.6 is 0 Å². The van der Waals surface area contributed by atoms with E-state index in [0.717, 1.165) is 19.3 Å². The average Bonchev–Trinajstić information content (AvgIpc) is 2.67. The Morgan fingerprint density at radius 2 is 1.21 bits per heavy atom. The number of carboxylic acids is 1. The molecule has 0 atom stereocenters. The average molecular weight is 404 g/mol. The molecule has 0 fully saturated rings. The van der Waals surface area contributed by atoms with E-state index < -0.39 is 5.97 Å². The molecule has 0 aromatic heterocycles. The predicted octanol–water partition coefficient (Wildman–Crippen LogP) is 1.09. The van der Waals surface area contributed by atoms with Crippen LogP contribution in [-0.2, 0) is 33.3 Å². The van der Waals surface area contributed by atoms with Gasteiger partial charge in [-0.3, -0.25) is 14.4 Å². The Morgan fingerprint density at radius 3 is 1.75 bits per heavy atom. The fourth-order valence-electron chi connectivity index (χ4n) is 2.14. The van der Waals surface area contributed by atoms with E-state index in [1.807, 2.05) is 0 Å². The standard InChI is InChI=1S/C19H34NO8/c21-9-5-10-25-12-14-27-16-17-28-15-13-26-11-8-20-18(22)6-3-1-2-4-7-19(23)24/h1-8,10-17H2,(H,20,22)(H,23,24). The largest absolute Gasteiger partial charge is 0.481 e. The first-order valence-corrected chi connectivity index (χ1v) is 9.81. The van der Waals surface area contributed by atoms with Crippen LogP contribution < -0.4 is 5.32 Å². The molecule has 1 amide bonds. The van der Waals surface area contributed by atoms with E-state index in [1.54, 1.807) is 6.29 Å². The maximum absolute atomic E-state index is 11.6. The highest BCUT2D eigenvalue weighted by molar-refractivity contribution is 5.75. The molecule has 28 heavy (non-hydrogen) atoms. The van der Waals surface area contributed by atoms with Crippen molar-refractivity contribution in [2.45, 2.75) is 44.9 Å². The number of ether oxygens (including phenoxy) is 4. The zero-order valence-electron chi connectivity index (χ0n) is 16.6. The van der Waals surface area contributed by atoms with Gasteiger partial charge in [-0.15, -0.1) is 0 Å². The summed E-state index contributed by atoms with van der Waals surface area (Å²) in [6.45, 7) is 4.01. The predicted molar refractivity (Wildman–Crippen MR) is 102 cm³/mol. The van der Waals surface area contributed by atoms with Gasteiger partial charge in [-0.05, 0) is 12.8 Å². The van der Waals surface area contributed by atoms with Gasteiger partial charge in [0, 0.05) is 25.8 Å². The lowest BCUT2D eigenvalue weighted by Crippen LogP contribution is -2.27. The number of carboxylic acid groups (broad SMARTS) is 1. The number of amides is 1. The molecule has 0 bridgehead atoms. The van der Waals surface area contributed by atoms with Gasteiger partial charge >= 0.3 is 5.97 Å². The maximum atomic E-state index is 11.6. The summed E-state index contributed by atoms with van der Waals surface area (Å²) in [7, 11) is 0. The fraction of sp³-hybridized carbons (Fsp3) is 0.842. The number of hydrogen-bond acceptors (Lipinski definition) is 7. The van der Waals surface area contributed by atoms with Gasteiger partial charge in [-0.25, -0.2) is 0 Å². The lowest BCUT2D eigenvalue weighted by Gasteiger charge is -2.08. The summed E-state index contributed by atoms with van der Waals surface area (Å²) in [6.07, 6.45) is 5.81. The first kappa shape index (κ1) is 26.4. The summed E-state index contributed by atoms with van der Waals surface area (Å²) in [5.74, 6) is -0.785. The summed E-state index contributed by atoms with van der Waals surface area (Å²) >= 11 is 0. The molecule has 2 N–H and O–H groups in total. The number of unbranched alkanes of at least 4 members (excludes halogenated alkanes) is 3. The quantitative estimate of drug-likeness (QED) is 0.257. The van der Waals surface area contributed by atoms with Crippen molar-refractivity contribution in [1.29, 1.82) is 0 Å². The molecule has 0 heterocycles. The van der Waals surface area contributed by atoms with Crippen LogP contribution in [0.3, 0.4) is 0 Å². The normalized spacial score (nSPS) is 10.7. The van der Waals surface area contributed by atoms with E-state index in [4.69, 9.17) is 24.1 Å². The van der Waals surface area contributed by atoms with Gasteiger partial charge in [-0.2, -0.15) is 0 Å². The molecular formula is C19H34NO8. The zero-order valence-corrected chi connectivity index (χ0v) is 16.6. The molecule has 0 aliphatic carbocycles. The van der Waals surface area contributed by atoms with Crippen LogP contribution in [0.15, 0.2) is 0 Å². The Bertz CT molecular complexity index is 392.